The lowest BCUT2D eigenvalue weighted by Gasteiger charge is -2.55. The molecule has 4 bridgehead atoms. The largest absolute Gasteiger partial charge is 0.290 e. The second-order valence-electron chi connectivity index (χ2n) is 10.1. The average molecular weight is 443 g/mol. The topological polar surface area (TPSA) is 93.1 Å². The molecule has 7 nitrogen and oxygen atoms in total. The van der Waals surface area contributed by atoms with E-state index in [0.29, 0.717) is 34.2 Å². The summed E-state index contributed by atoms with van der Waals surface area (Å²) in [5, 5.41) is 5.23. The molecule has 0 saturated heterocycles. The van der Waals surface area contributed by atoms with Crippen molar-refractivity contribution < 1.29 is 9.59 Å². The highest BCUT2D eigenvalue weighted by Crippen LogP contribution is 2.60. The molecule has 33 heavy (non-hydrogen) atoms. The summed E-state index contributed by atoms with van der Waals surface area (Å²) in [6, 6.07) is 15.9. The number of carbonyl (C=O) groups excluding carboxylic acids is 2. The number of amides is 2. The Morgan fingerprint density at radius 2 is 1.39 bits per heavy atom. The van der Waals surface area contributed by atoms with E-state index in [1.165, 1.54) is 23.9 Å². The zero-order valence-electron chi connectivity index (χ0n) is 18.3. The van der Waals surface area contributed by atoms with Crippen molar-refractivity contribution in [2.45, 2.75) is 38.5 Å². The molecule has 0 spiro atoms. The first-order chi connectivity index (χ1) is 16.0. The van der Waals surface area contributed by atoms with Gasteiger partial charge in [-0.1, -0.05) is 36.4 Å². The highest BCUT2D eigenvalue weighted by molar-refractivity contribution is 6.05. The minimum Gasteiger partial charge on any atom is -0.273 e. The molecule has 0 radical (unpaired) electrons. The number of hydrogen-bond donors (Lipinski definition) is 2. The predicted octanol–water partition coefficient (Wildman–Crippen LogP) is 3.36. The number of benzene rings is 2. The lowest BCUT2D eigenvalue weighted by atomic mass is 9.49. The first-order valence-electron chi connectivity index (χ1n) is 11.7. The fourth-order valence-electron chi connectivity index (χ4n) is 6.80. The molecule has 2 N–H and O–H groups in total. The van der Waals surface area contributed by atoms with Gasteiger partial charge in [-0.2, -0.15) is 9.78 Å². The van der Waals surface area contributed by atoms with Gasteiger partial charge in [-0.25, -0.2) is 0 Å². The third-order valence-electron chi connectivity index (χ3n) is 7.83. The van der Waals surface area contributed by atoms with Gasteiger partial charge in [0, 0.05) is 5.39 Å². The Bertz CT molecular complexity index is 1280. The Labute approximate surface area is 191 Å². The molecule has 0 atom stereocenters. The van der Waals surface area contributed by atoms with Crippen LogP contribution >= 0.6 is 0 Å². The van der Waals surface area contributed by atoms with Crippen LogP contribution in [-0.4, -0.2) is 21.6 Å². The molecular weight excluding hydrogens is 416 g/mol. The second kappa shape index (κ2) is 7.54. The SMILES string of the molecule is O=C(NNC(=O)C12CC3CC(CC(C3)C1)C2)c1nn(-c2ccccc2)c(=O)c2ccccc12. The van der Waals surface area contributed by atoms with E-state index in [1.54, 1.807) is 36.4 Å². The van der Waals surface area contributed by atoms with Crippen molar-refractivity contribution in [3.8, 4) is 5.69 Å². The Kier molecular flexibility index (Phi) is 4.60. The summed E-state index contributed by atoms with van der Waals surface area (Å²) in [5.74, 6) is 1.29. The summed E-state index contributed by atoms with van der Waals surface area (Å²) < 4.78 is 1.23. The molecule has 4 saturated carbocycles. The van der Waals surface area contributed by atoms with E-state index < -0.39 is 5.91 Å². The summed E-state index contributed by atoms with van der Waals surface area (Å²) in [6.07, 6.45) is 6.49. The maximum absolute atomic E-state index is 13.2. The van der Waals surface area contributed by atoms with Gasteiger partial charge in [-0.15, -0.1) is 0 Å². The highest BCUT2D eigenvalue weighted by Gasteiger charge is 2.54. The van der Waals surface area contributed by atoms with Gasteiger partial charge in [0.2, 0.25) is 5.91 Å². The number of fused-ring (bicyclic) bond motifs is 1. The van der Waals surface area contributed by atoms with Crippen LogP contribution in [0.5, 0.6) is 0 Å². The third kappa shape index (κ3) is 3.34. The molecule has 168 valence electrons. The molecule has 7 heteroatoms. The molecule has 2 amide bonds. The first kappa shape index (κ1) is 20.1. The van der Waals surface area contributed by atoms with Crippen LogP contribution in [0.1, 0.15) is 49.0 Å². The number of hydrazine groups is 1. The molecule has 0 aliphatic heterocycles. The van der Waals surface area contributed by atoms with Crippen molar-refractivity contribution in [3.05, 3.63) is 70.6 Å². The standard InChI is InChI=1S/C26H26N4O3/c31-23(27-28-25(33)26-13-16-10-17(14-26)12-18(11-16)15-26)22-20-8-4-5-9-21(20)24(32)30(29-22)19-6-2-1-3-7-19/h1-9,16-18H,10-15H2,(H,27,31)(H,28,33). The lowest BCUT2D eigenvalue weighted by molar-refractivity contribution is -0.147. The number of nitrogens with zero attached hydrogens (tertiary/aromatic N) is 2. The van der Waals surface area contributed by atoms with Crippen LogP contribution in [0.25, 0.3) is 16.5 Å². The minimum absolute atomic E-state index is 0.0874. The van der Waals surface area contributed by atoms with E-state index in [1.807, 2.05) is 18.2 Å². The van der Waals surface area contributed by atoms with E-state index in [0.717, 1.165) is 19.3 Å². The van der Waals surface area contributed by atoms with Crippen molar-refractivity contribution in [3.63, 3.8) is 0 Å². The quantitative estimate of drug-likeness (QED) is 0.609. The van der Waals surface area contributed by atoms with E-state index in [9.17, 15) is 14.4 Å². The minimum atomic E-state index is -0.533. The fourth-order valence-corrected chi connectivity index (χ4v) is 6.80. The Balaban J connectivity index is 1.29. The van der Waals surface area contributed by atoms with E-state index >= 15 is 0 Å². The summed E-state index contributed by atoms with van der Waals surface area (Å²) in [5.41, 5.74) is 5.31. The molecule has 7 rings (SSSR count). The van der Waals surface area contributed by atoms with Gasteiger partial charge < -0.3 is 0 Å². The molecule has 1 aromatic heterocycles. The number of nitrogens with one attached hydrogen (secondary N) is 2. The molecule has 0 unspecified atom stereocenters. The van der Waals surface area contributed by atoms with Crippen LogP contribution in [0.2, 0.25) is 0 Å². The molecule has 4 aliphatic rings. The molecule has 2 aromatic carbocycles. The predicted molar refractivity (Wildman–Crippen MR) is 124 cm³/mol. The maximum Gasteiger partial charge on any atom is 0.290 e. The molecular formula is C26H26N4O3. The van der Waals surface area contributed by atoms with E-state index in [4.69, 9.17) is 0 Å². The van der Waals surface area contributed by atoms with Crippen LogP contribution in [0, 0.1) is 23.2 Å². The summed E-state index contributed by atoms with van der Waals surface area (Å²) >= 11 is 0. The van der Waals surface area contributed by atoms with Gasteiger partial charge in [0.15, 0.2) is 5.69 Å². The van der Waals surface area contributed by atoms with Gasteiger partial charge in [0.05, 0.1) is 16.5 Å². The van der Waals surface area contributed by atoms with E-state index in [2.05, 4.69) is 16.0 Å². The van der Waals surface area contributed by atoms with E-state index in [-0.39, 0.29) is 22.6 Å². The highest BCUT2D eigenvalue weighted by atomic mass is 16.2. The zero-order chi connectivity index (χ0) is 22.6. The second-order valence-corrected chi connectivity index (χ2v) is 10.1. The number of para-hydroxylation sites is 1. The van der Waals surface area contributed by atoms with Gasteiger partial charge >= 0.3 is 0 Å². The van der Waals surface area contributed by atoms with Crippen LogP contribution in [0.3, 0.4) is 0 Å². The Morgan fingerprint density at radius 1 is 0.818 bits per heavy atom. The Hall–Kier alpha value is -3.48. The smallest absolute Gasteiger partial charge is 0.273 e. The maximum atomic E-state index is 13.2. The van der Waals surface area contributed by atoms with Crippen molar-refractivity contribution in [2.24, 2.45) is 23.2 Å². The number of carbonyl (C=O) groups is 2. The summed E-state index contributed by atoms with van der Waals surface area (Å²) in [7, 11) is 0. The third-order valence-corrected chi connectivity index (χ3v) is 7.83. The summed E-state index contributed by atoms with van der Waals surface area (Å²) in [6.45, 7) is 0. The van der Waals surface area contributed by atoms with Gasteiger partial charge in [-0.3, -0.25) is 25.2 Å². The van der Waals surface area contributed by atoms with Crippen LogP contribution in [-0.2, 0) is 4.79 Å². The average Bonchev–Trinajstić information content (AvgIpc) is 2.82. The molecule has 1 heterocycles. The van der Waals surface area contributed by atoms with Crippen molar-refractivity contribution in [2.75, 3.05) is 0 Å². The fraction of sp³-hybridized carbons (Fsp3) is 0.385. The van der Waals surface area contributed by atoms with Crippen LogP contribution in [0.15, 0.2) is 59.4 Å². The normalized spacial score (nSPS) is 27.5. The number of rotatable bonds is 3. The van der Waals surface area contributed by atoms with Crippen molar-refractivity contribution >= 4 is 22.6 Å². The molecule has 4 fully saturated rings. The lowest BCUT2D eigenvalue weighted by Crippen LogP contribution is -2.56. The van der Waals surface area contributed by atoms with Gasteiger partial charge in [0.25, 0.3) is 11.5 Å². The summed E-state index contributed by atoms with van der Waals surface area (Å²) in [4.78, 5) is 39.4. The first-order valence-corrected chi connectivity index (χ1v) is 11.7. The number of aromatic nitrogens is 2. The number of hydrogen-bond acceptors (Lipinski definition) is 4. The van der Waals surface area contributed by atoms with Crippen molar-refractivity contribution in [1.82, 2.24) is 20.6 Å². The Morgan fingerprint density at radius 3 is 2.03 bits per heavy atom. The van der Waals surface area contributed by atoms with Crippen molar-refractivity contribution in [1.29, 1.82) is 0 Å². The molecule has 3 aromatic rings. The monoisotopic (exact) mass is 442 g/mol. The van der Waals surface area contributed by atoms with Crippen LogP contribution in [0.4, 0.5) is 0 Å². The molecule has 4 aliphatic carbocycles. The zero-order valence-corrected chi connectivity index (χ0v) is 18.3. The van der Waals surface area contributed by atoms with Gasteiger partial charge in [0.1, 0.15) is 0 Å². The van der Waals surface area contributed by atoms with Gasteiger partial charge in [-0.05, 0) is 74.5 Å². The van der Waals surface area contributed by atoms with Crippen LogP contribution < -0.4 is 16.4 Å².